The second-order valence-corrected chi connectivity index (χ2v) is 7.34. The molecule has 2 aliphatic rings. The molecule has 1 aromatic rings. The second kappa shape index (κ2) is 13.0. The molecule has 0 aliphatic carbocycles. The molecule has 8 heteroatoms. The lowest BCUT2D eigenvalue weighted by Gasteiger charge is -2.26. The molecule has 162 valence electrons. The fourth-order valence-electron chi connectivity index (χ4n) is 3.70. The van der Waals surface area contributed by atoms with Crippen LogP contribution in [0.25, 0.3) is 0 Å². The predicted molar refractivity (Wildman–Crippen MR) is 128 cm³/mol. The number of carbonyl (C=O) groups is 1. The summed E-state index contributed by atoms with van der Waals surface area (Å²) in [6.45, 7) is 9.34. The summed E-state index contributed by atoms with van der Waals surface area (Å²) in [6.07, 6.45) is 2.76. The summed E-state index contributed by atoms with van der Waals surface area (Å²) in [5, 5.41) is 9.68. The van der Waals surface area contributed by atoms with E-state index >= 15 is 0 Å². The number of nitrogens with zero attached hydrogens (tertiary/aromatic N) is 2. The Kier molecular flexibility index (Phi) is 10.7. The van der Waals surface area contributed by atoms with Crippen molar-refractivity contribution >= 4 is 41.5 Å². The highest BCUT2D eigenvalue weighted by Gasteiger charge is 2.24. The van der Waals surface area contributed by atoms with Crippen LogP contribution in [0.1, 0.15) is 37.7 Å². The first-order valence-electron chi connectivity index (χ1n) is 10.5. The van der Waals surface area contributed by atoms with Gasteiger partial charge < -0.3 is 20.7 Å². The fraction of sp³-hybridized carbons (Fsp3) is 0.619. The van der Waals surface area contributed by atoms with Gasteiger partial charge in [0.25, 0.3) is 0 Å². The first-order chi connectivity index (χ1) is 13.8. The highest BCUT2D eigenvalue weighted by molar-refractivity contribution is 14.0. The number of benzene rings is 1. The molecule has 2 heterocycles. The minimum absolute atomic E-state index is 0. The van der Waals surface area contributed by atoms with E-state index in [1.54, 1.807) is 0 Å². The smallest absolute Gasteiger partial charge is 0.225 e. The Hall–Kier alpha value is -1.39. The van der Waals surface area contributed by atoms with Gasteiger partial charge in [-0.15, -0.1) is 24.0 Å². The number of fused-ring (bicyclic) bond motifs is 1. The third kappa shape index (κ3) is 7.75. The van der Waals surface area contributed by atoms with Crippen LogP contribution in [0.2, 0.25) is 0 Å². The maximum atomic E-state index is 12.0. The molecule has 1 amide bonds. The Morgan fingerprint density at radius 2 is 2.03 bits per heavy atom. The Labute approximate surface area is 191 Å². The molecule has 1 fully saturated rings. The minimum atomic E-state index is 0. The fourth-order valence-corrected chi connectivity index (χ4v) is 3.70. The van der Waals surface area contributed by atoms with Gasteiger partial charge in [0.2, 0.25) is 5.91 Å². The maximum Gasteiger partial charge on any atom is 0.225 e. The van der Waals surface area contributed by atoms with Crippen molar-refractivity contribution in [1.82, 2.24) is 15.5 Å². The molecule has 0 bridgehead atoms. The minimum Gasteiger partial charge on any atom is -0.379 e. The van der Waals surface area contributed by atoms with Crippen molar-refractivity contribution in [2.75, 3.05) is 57.8 Å². The van der Waals surface area contributed by atoms with Gasteiger partial charge in [0.05, 0.1) is 19.8 Å². The number of amides is 1. The van der Waals surface area contributed by atoms with E-state index in [4.69, 9.17) is 9.73 Å². The van der Waals surface area contributed by atoms with E-state index in [1.807, 2.05) is 18.2 Å². The molecule has 3 N–H and O–H groups in total. The van der Waals surface area contributed by atoms with Crippen LogP contribution in [0.15, 0.2) is 29.3 Å². The number of aliphatic imine (C=N–C) groups is 1. The van der Waals surface area contributed by atoms with Gasteiger partial charge >= 0.3 is 0 Å². The molecule has 1 aromatic carbocycles. The van der Waals surface area contributed by atoms with Gasteiger partial charge in [0, 0.05) is 44.2 Å². The number of morpholine rings is 1. The lowest BCUT2D eigenvalue weighted by atomic mass is 9.91. The maximum absolute atomic E-state index is 12.0. The number of hydrogen-bond acceptors (Lipinski definition) is 4. The van der Waals surface area contributed by atoms with Gasteiger partial charge in [0.1, 0.15) is 0 Å². The molecule has 1 saturated heterocycles. The zero-order valence-electron chi connectivity index (χ0n) is 17.3. The van der Waals surface area contributed by atoms with Crippen LogP contribution >= 0.6 is 24.0 Å². The van der Waals surface area contributed by atoms with Crippen molar-refractivity contribution < 1.29 is 9.53 Å². The van der Waals surface area contributed by atoms with Crippen LogP contribution in [-0.2, 0) is 9.53 Å². The average molecular weight is 515 g/mol. The number of para-hydroxylation sites is 1. The summed E-state index contributed by atoms with van der Waals surface area (Å²) < 4.78 is 5.39. The molecular weight excluding hydrogens is 481 g/mol. The zero-order valence-corrected chi connectivity index (χ0v) is 19.6. The first kappa shape index (κ1) is 23.9. The number of guanidine groups is 1. The molecule has 2 aliphatic heterocycles. The zero-order chi connectivity index (χ0) is 19.6. The SMILES string of the molecule is CCNC(=NCC1CC(=O)Nc2ccccc21)NCCCCN1CCOCC1.I. The summed E-state index contributed by atoms with van der Waals surface area (Å²) in [6, 6.07) is 8.01. The summed E-state index contributed by atoms with van der Waals surface area (Å²) >= 11 is 0. The average Bonchev–Trinajstić information content (AvgIpc) is 2.72. The lowest BCUT2D eigenvalue weighted by Crippen LogP contribution is -2.39. The van der Waals surface area contributed by atoms with Crippen LogP contribution in [0.5, 0.6) is 0 Å². The van der Waals surface area contributed by atoms with Crippen molar-refractivity contribution in [3.8, 4) is 0 Å². The quantitative estimate of drug-likeness (QED) is 0.215. The Balaban J connectivity index is 0.00000300. The van der Waals surface area contributed by atoms with Crippen LogP contribution < -0.4 is 16.0 Å². The molecule has 0 saturated carbocycles. The monoisotopic (exact) mass is 515 g/mol. The van der Waals surface area contributed by atoms with Crippen molar-refractivity contribution in [3.63, 3.8) is 0 Å². The summed E-state index contributed by atoms with van der Waals surface area (Å²) in [7, 11) is 0. The predicted octanol–water partition coefficient (Wildman–Crippen LogP) is 2.40. The molecule has 0 radical (unpaired) electrons. The first-order valence-corrected chi connectivity index (χ1v) is 10.5. The molecule has 3 rings (SSSR count). The van der Waals surface area contributed by atoms with Gasteiger partial charge in [-0.3, -0.25) is 14.7 Å². The van der Waals surface area contributed by atoms with E-state index in [0.717, 1.165) is 64.0 Å². The van der Waals surface area contributed by atoms with Crippen LogP contribution in [0, 0.1) is 0 Å². The third-order valence-electron chi connectivity index (χ3n) is 5.22. The molecule has 0 aromatic heterocycles. The Morgan fingerprint density at radius 3 is 2.83 bits per heavy atom. The van der Waals surface area contributed by atoms with E-state index < -0.39 is 0 Å². The molecule has 1 atom stereocenters. The number of carbonyl (C=O) groups excluding carboxylic acids is 1. The van der Waals surface area contributed by atoms with Gasteiger partial charge in [-0.1, -0.05) is 18.2 Å². The highest BCUT2D eigenvalue weighted by Crippen LogP contribution is 2.31. The summed E-state index contributed by atoms with van der Waals surface area (Å²) in [4.78, 5) is 19.2. The molecule has 29 heavy (non-hydrogen) atoms. The molecular formula is C21H34IN5O2. The van der Waals surface area contributed by atoms with E-state index in [0.29, 0.717) is 13.0 Å². The Bertz CT molecular complexity index is 664. The highest BCUT2D eigenvalue weighted by atomic mass is 127. The number of ether oxygens (including phenoxy) is 1. The van der Waals surface area contributed by atoms with Crippen LogP contribution in [0.4, 0.5) is 5.69 Å². The number of rotatable bonds is 8. The largest absolute Gasteiger partial charge is 0.379 e. The van der Waals surface area contributed by atoms with Crippen molar-refractivity contribution in [1.29, 1.82) is 0 Å². The van der Waals surface area contributed by atoms with Crippen molar-refractivity contribution in [2.45, 2.75) is 32.1 Å². The van der Waals surface area contributed by atoms with Gasteiger partial charge in [-0.05, 0) is 37.9 Å². The van der Waals surface area contributed by atoms with Gasteiger partial charge in [-0.25, -0.2) is 0 Å². The van der Waals surface area contributed by atoms with Crippen LogP contribution in [-0.4, -0.2) is 69.2 Å². The van der Waals surface area contributed by atoms with Crippen molar-refractivity contribution in [3.05, 3.63) is 29.8 Å². The summed E-state index contributed by atoms with van der Waals surface area (Å²) in [5.74, 6) is 1.03. The molecule has 1 unspecified atom stereocenters. The normalized spacial score (nSPS) is 19.7. The van der Waals surface area contributed by atoms with E-state index in [9.17, 15) is 4.79 Å². The molecule has 0 spiro atoms. The number of hydrogen-bond donors (Lipinski definition) is 3. The van der Waals surface area contributed by atoms with E-state index in [-0.39, 0.29) is 35.8 Å². The Morgan fingerprint density at radius 1 is 1.24 bits per heavy atom. The number of nitrogens with one attached hydrogen (secondary N) is 3. The van der Waals surface area contributed by atoms with Crippen molar-refractivity contribution in [2.24, 2.45) is 4.99 Å². The van der Waals surface area contributed by atoms with Gasteiger partial charge in [-0.2, -0.15) is 0 Å². The van der Waals surface area contributed by atoms with Gasteiger partial charge in [0.15, 0.2) is 5.96 Å². The van der Waals surface area contributed by atoms with Crippen LogP contribution in [0.3, 0.4) is 0 Å². The number of halogens is 1. The third-order valence-corrected chi connectivity index (χ3v) is 5.22. The lowest BCUT2D eigenvalue weighted by molar-refractivity contribution is -0.116. The number of unbranched alkanes of at least 4 members (excludes halogenated alkanes) is 1. The molecule has 7 nitrogen and oxygen atoms in total. The summed E-state index contributed by atoms with van der Waals surface area (Å²) in [5.41, 5.74) is 2.09. The van der Waals surface area contributed by atoms with E-state index in [2.05, 4.69) is 33.8 Å². The number of anilines is 1. The second-order valence-electron chi connectivity index (χ2n) is 7.34. The van der Waals surface area contributed by atoms with E-state index in [1.165, 1.54) is 12.0 Å². The standard InChI is InChI=1S/C21H33N5O2.HI/c1-2-22-21(23-9-5-6-10-26-11-13-28-14-12-26)24-16-17-15-20(27)25-19-8-4-3-7-18(17)19;/h3-4,7-8,17H,2,5-6,9-16H2,1H3,(H,25,27)(H2,22,23,24);1H. The topological polar surface area (TPSA) is 78.0 Å².